The van der Waals surface area contributed by atoms with Gasteiger partial charge in [0, 0.05) is 23.4 Å². The van der Waals surface area contributed by atoms with Crippen molar-refractivity contribution in [2.75, 3.05) is 5.32 Å². The van der Waals surface area contributed by atoms with Crippen LogP contribution < -0.4 is 11.1 Å². The monoisotopic (exact) mass is 580 g/mol. The van der Waals surface area contributed by atoms with Gasteiger partial charge in [0.1, 0.15) is 11.9 Å². The molecule has 3 N–H and O–H groups in total. The second-order valence-electron chi connectivity index (χ2n) is 9.22. The molecule has 3 heterocycles. The van der Waals surface area contributed by atoms with Crippen LogP contribution in [-0.2, 0) is 15.8 Å². The number of halogens is 6. The molecule has 5 rings (SSSR count). The second-order valence-corrected chi connectivity index (χ2v) is 9.62. The van der Waals surface area contributed by atoms with E-state index in [1.807, 2.05) is 0 Å². The molecule has 0 saturated carbocycles. The molecule has 2 aromatic carbocycles. The first-order valence-electron chi connectivity index (χ1n) is 11.8. The summed E-state index contributed by atoms with van der Waals surface area (Å²) in [4.78, 5) is 38.7. The van der Waals surface area contributed by atoms with Crippen molar-refractivity contribution >= 4 is 40.6 Å². The number of aromatic nitrogens is 3. The van der Waals surface area contributed by atoms with E-state index in [1.165, 1.54) is 17.0 Å². The lowest BCUT2D eigenvalue weighted by Gasteiger charge is -2.33. The van der Waals surface area contributed by atoms with E-state index < -0.39 is 53.3 Å². The maximum atomic E-state index is 15.3. The fraction of sp³-hybridized carbons (Fsp3) is 0.240. The van der Waals surface area contributed by atoms with Gasteiger partial charge in [0.15, 0.2) is 11.5 Å². The topological polar surface area (TPSA) is 123 Å². The van der Waals surface area contributed by atoms with E-state index in [-0.39, 0.29) is 45.9 Å². The minimum atomic E-state index is -4.78. The number of fused-ring (bicyclic) bond motifs is 1. The minimum Gasteiger partial charge on any atom is -0.366 e. The van der Waals surface area contributed by atoms with Crippen LogP contribution in [0, 0.1) is 11.6 Å². The van der Waals surface area contributed by atoms with Crippen LogP contribution in [0.3, 0.4) is 0 Å². The van der Waals surface area contributed by atoms with Gasteiger partial charge in [-0.2, -0.15) is 13.2 Å². The van der Waals surface area contributed by atoms with Gasteiger partial charge in [0.2, 0.25) is 11.8 Å². The van der Waals surface area contributed by atoms with Crippen LogP contribution in [0.5, 0.6) is 0 Å². The number of hydrogen-bond acceptors (Lipinski definition) is 5. The number of carbonyl (C=O) groups excluding carboxylic acids is 3. The molecule has 9 nitrogen and oxygen atoms in total. The number of nitrogens with one attached hydrogen (secondary N) is 1. The van der Waals surface area contributed by atoms with Crippen molar-refractivity contribution in [3.63, 3.8) is 0 Å². The molecule has 0 aliphatic carbocycles. The Kier molecular flexibility index (Phi) is 6.82. The molecule has 3 aromatic rings. The molecule has 2 unspecified atom stereocenters. The molecule has 1 saturated heterocycles. The number of hydrogen-bond donors (Lipinski definition) is 2. The largest absolute Gasteiger partial charge is 0.436 e. The fourth-order valence-electron chi connectivity index (χ4n) is 4.95. The lowest BCUT2D eigenvalue weighted by atomic mass is 9.92. The van der Waals surface area contributed by atoms with Gasteiger partial charge < -0.3 is 16.0 Å². The summed E-state index contributed by atoms with van der Waals surface area (Å²) in [6.07, 6.45) is -2.41. The highest BCUT2D eigenvalue weighted by Crippen LogP contribution is 2.40. The van der Waals surface area contributed by atoms with E-state index in [9.17, 15) is 31.9 Å². The van der Waals surface area contributed by atoms with Gasteiger partial charge in [-0.05, 0) is 55.2 Å². The summed E-state index contributed by atoms with van der Waals surface area (Å²) >= 11 is 5.97. The Bertz CT molecular complexity index is 1590. The van der Waals surface area contributed by atoms with Crippen LogP contribution in [0.2, 0.25) is 5.02 Å². The van der Waals surface area contributed by atoms with Gasteiger partial charge in [-0.25, -0.2) is 13.5 Å². The first kappa shape index (κ1) is 27.2. The molecular formula is C25H18ClF5N6O3. The Morgan fingerprint density at radius 1 is 1.12 bits per heavy atom. The maximum Gasteiger partial charge on any atom is 0.436 e. The van der Waals surface area contributed by atoms with Crippen molar-refractivity contribution in [2.45, 2.75) is 37.5 Å². The van der Waals surface area contributed by atoms with Crippen LogP contribution in [0.4, 0.5) is 27.6 Å². The highest BCUT2D eigenvalue weighted by Gasteiger charge is 2.43. The molecule has 2 atom stereocenters. The molecule has 1 fully saturated rings. The molecule has 208 valence electrons. The van der Waals surface area contributed by atoms with Gasteiger partial charge >= 0.3 is 6.18 Å². The van der Waals surface area contributed by atoms with Gasteiger partial charge in [0.25, 0.3) is 5.91 Å². The third-order valence-corrected chi connectivity index (χ3v) is 7.03. The van der Waals surface area contributed by atoms with Crippen LogP contribution in [-0.4, -0.2) is 49.7 Å². The number of rotatable bonds is 5. The lowest BCUT2D eigenvalue weighted by Crippen LogP contribution is -2.48. The molecule has 2 aliphatic heterocycles. The summed E-state index contributed by atoms with van der Waals surface area (Å²) < 4.78 is 69.4. The molecule has 15 heteroatoms. The van der Waals surface area contributed by atoms with E-state index in [2.05, 4.69) is 15.6 Å². The number of amides is 3. The van der Waals surface area contributed by atoms with Crippen molar-refractivity contribution in [2.24, 2.45) is 5.73 Å². The standard InChI is InChI=1S/C25H18ClF5N6O3/c26-15-4-6-17(36-10-19(34-35-36)25(29,30)31)21(22(15)28)11-7-13-2-5-18(37(13)20(38)8-11)24(40)33-12-1-3-14(23(32)39)16(27)9-12/h1,3-4,6,8-10,13,18H,2,5,7H2,(H2,32,39)(H,33,40). The zero-order valence-corrected chi connectivity index (χ0v) is 20.9. The predicted molar refractivity (Wildman–Crippen MR) is 131 cm³/mol. The van der Waals surface area contributed by atoms with E-state index >= 15 is 4.39 Å². The number of nitrogens with two attached hydrogens (primary N) is 1. The van der Waals surface area contributed by atoms with Crippen LogP contribution in [0.15, 0.2) is 42.6 Å². The maximum absolute atomic E-state index is 15.3. The second kappa shape index (κ2) is 10.0. The first-order chi connectivity index (χ1) is 18.8. The van der Waals surface area contributed by atoms with E-state index in [1.54, 1.807) is 0 Å². The number of nitrogens with zero attached hydrogens (tertiary/aromatic N) is 4. The Morgan fingerprint density at radius 3 is 2.52 bits per heavy atom. The smallest absolute Gasteiger partial charge is 0.366 e. The van der Waals surface area contributed by atoms with Crippen molar-refractivity contribution < 1.29 is 36.3 Å². The summed E-state index contributed by atoms with van der Waals surface area (Å²) in [5.74, 6) is -4.08. The van der Waals surface area contributed by atoms with Crippen molar-refractivity contribution in [3.8, 4) is 5.69 Å². The lowest BCUT2D eigenvalue weighted by molar-refractivity contribution is -0.141. The third-order valence-electron chi connectivity index (χ3n) is 6.74. The zero-order valence-electron chi connectivity index (χ0n) is 20.2. The van der Waals surface area contributed by atoms with Crippen LogP contribution in [0.25, 0.3) is 11.3 Å². The van der Waals surface area contributed by atoms with Gasteiger partial charge in [-0.3, -0.25) is 14.4 Å². The van der Waals surface area contributed by atoms with Crippen molar-refractivity contribution in [3.05, 3.63) is 76.1 Å². The van der Waals surface area contributed by atoms with Gasteiger partial charge in [-0.15, -0.1) is 5.10 Å². The van der Waals surface area contributed by atoms with Gasteiger partial charge in [0.05, 0.1) is 22.5 Å². The van der Waals surface area contributed by atoms with E-state index in [4.69, 9.17) is 17.3 Å². The predicted octanol–water partition coefficient (Wildman–Crippen LogP) is 4.10. The number of anilines is 1. The summed E-state index contributed by atoms with van der Waals surface area (Å²) in [5, 5.41) is 8.77. The highest BCUT2D eigenvalue weighted by molar-refractivity contribution is 6.31. The van der Waals surface area contributed by atoms with E-state index in [0.29, 0.717) is 12.6 Å². The Labute approximate surface area is 227 Å². The first-order valence-corrected chi connectivity index (χ1v) is 12.1. The average Bonchev–Trinajstić information content (AvgIpc) is 3.53. The minimum absolute atomic E-state index is 0.0494. The normalized spacial score (nSPS) is 18.9. The molecule has 40 heavy (non-hydrogen) atoms. The quantitative estimate of drug-likeness (QED) is 0.440. The summed E-state index contributed by atoms with van der Waals surface area (Å²) in [5.41, 5.74) is 3.34. The zero-order chi connectivity index (χ0) is 28.9. The molecule has 3 amide bonds. The molecule has 0 spiro atoms. The van der Waals surface area contributed by atoms with E-state index in [0.717, 1.165) is 29.0 Å². The van der Waals surface area contributed by atoms with Crippen molar-refractivity contribution in [1.29, 1.82) is 0 Å². The number of primary amides is 1. The number of benzene rings is 2. The van der Waals surface area contributed by atoms with Crippen LogP contribution >= 0.6 is 11.6 Å². The Balaban J connectivity index is 1.42. The Morgan fingerprint density at radius 2 is 1.88 bits per heavy atom. The summed E-state index contributed by atoms with van der Waals surface area (Å²) in [7, 11) is 0. The molecule has 0 bridgehead atoms. The fourth-order valence-corrected chi connectivity index (χ4v) is 5.11. The van der Waals surface area contributed by atoms with Gasteiger partial charge in [-0.1, -0.05) is 16.8 Å². The molecular weight excluding hydrogens is 563 g/mol. The molecule has 0 radical (unpaired) electrons. The Hall–Kier alpha value is -4.33. The SMILES string of the molecule is NC(=O)c1ccc(NC(=O)C2CCC3CC(c4c(-n5cc(C(F)(F)F)nn5)ccc(Cl)c4F)=CC(=O)N32)cc1F. The number of carbonyl (C=O) groups is 3. The number of alkyl halides is 3. The third kappa shape index (κ3) is 4.90. The molecule has 1 aromatic heterocycles. The van der Waals surface area contributed by atoms with Crippen molar-refractivity contribution in [1.82, 2.24) is 19.9 Å². The van der Waals surface area contributed by atoms with Crippen LogP contribution in [0.1, 0.15) is 40.9 Å². The average molecular weight is 581 g/mol. The highest BCUT2D eigenvalue weighted by atomic mass is 35.5. The summed E-state index contributed by atoms with van der Waals surface area (Å²) in [6.45, 7) is 0. The molecule has 2 aliphatic rings. The summed E-state index contributed by atoms with van der Waals surface area (Å²) in [6, 6.07) is 4.29.